The van der Waals surface area contributed by atoms with E-state index in [1.165, 1.54) is 27.8 Å². The molecule has 1 amide bonds. The van der Waals surface area contributed by atoms with Gasteiger partial charge in [0.1, 0.15) is 0 Å². The van der Waals surface area contributed by atoms with E-state index in [0.717, 1.165) is 10.6 Å². The number of hydrogen-bond donors (Lipinski definition) is 1. The molecule has 10 heteroatoms. The van der Waals surface area contributed by atoms with Crippen LogP contribution in [0.2, 0.25) is 0 Å². The molecule has 1 fully saturated rings. The molecule has 0 bridgehead atoms. The van der Waals surface area contributed by atoms with E-state index in [0.29, 0.717) is 31.3 Å². The van der Waals surface area contributed by atoms with Crippen LogP contribution in [0.3, 0.4) is 0 Å². The van der Waals surface area contributed by atoms with Crippen LogP contribution < -0.4 is 5.32 Å². The number of amides is 1. The van der Waals surface area contributed by atoms with Gasteiger partial charge in [0, 0.05) is 37.1 Å². The van der Waals surface area contributed by atoms with Gasteiger partial charge in [-0.2, -0.15) is 4.31 Å². The molecule has 1 aromatic carbocycles. The van der Waals surface area contributed by atoms with Crippen molar-refractivity contribution in [3.05, 3.63) is 52.7 Å². The molecule has 3 aromatic rings. The van der Waals surface area contributed by atoms with Gasteiger partial charge in [-0.15, -0.1) is 22.7 Å². The SMILES string of the molecule is CN1CCN(S(=O)(=O)c2cccc(C(=O)Nc3nc(-c4cccs4)cs3)c2)CC1. The second kappa shape index (κ2) is 8.33. The molecule has 29 heavy (non-hydrogen) atoms. The molecule has 2 aromatic heterocycles. The summed E-state index contributed by atoms with van der Waals surface area (Å²) in [7, 11) is -1.66. The maximum atomic E-state index is 12.9. The van der Waals surface area contributed by atoms with Crippen LogP contribution in [0.4, 0.5) is 5.13 Å². The lowest BCUT2D eigenvalue weighted by molar-refractivity contribution is 0.102. The number of aromatic nitrogens is 1. The molecule has 1 aliphatic heterocycles. The smallest absolute Gasteiger partial charge is 0.257 e. The second-order valence-corrected chi connectivity index (χ2v) is 10.4. The number of sulfonamides is 1. The Morgan fingerprint density at radius 3 is 2.62 bits per heavy atom. The highest BCUT2D eigenvalue weighted by molar-refractivity contribution is 7.89. The number of carbonyl (C=O) groups excluding carboxylic acids is 1. The highest BCUT2D eigenvalue weighted by Gasteiger charge is 2.28. The van der Waals surface area contributed by atoms with Crippen LogP contribution in [0.1, 0.15) is 10.4 Å². The summed E-state index contributed by atoms with van der Waals surface area (Å²) in [6.45, 7) is 2.27. The Morgan fingerprint density at radius 2 is 1.90 bits per heavy atom. The fourth-order valence-corrected chi connectivity index (χ4v) is 5.95. The van der Waals surface area contributed by atoms with E-state index in [1.807, 2.05) is 29.9 Å². The van der Waals surface area contributed by atoms with Crippen LogP contribution in [0.5, 0.6) is 0 Å². The lowest BCUT2D eigenvalue weighted by Gasteiger charge is -2.31. The van der Waals surface area contributed by atoms with Crippen LogP contribution in [0.15, 0.2) is 52.1 Å². The Morgan fingerprint density at radius 1 is 1.10 bits per heavy atom. The molecule has 0 saturated carbocycles. The van der Waals surface area contributed by atoms with E-state index < -0.39 is 10.0 Å². The maximum absolute atomic E-state index is 12.9. The number of thiophene rings is 1. The number of nitrogens with zero attached hydrogens (tertiary/aromatic N) is 3. The summed E-state index contributed by atoms with van der Waals surface area (Å²) in [4.78, 5) is 20.3. The van der Waals surface area contributed by atoms with E-state index in [-0.39, 0.29) is 16.4 Å². The third-order valence-electron chi connectivity index (χ3n) is 4.69. The molecule has 0 unspecified atom stereocenters. The van der Waals surface area contributed by atoms with Crippen molar-refractivity contribution in [3.8, 4) is 10.6 Å². The summed E-state index contributed by atoms with van der Waals surface area (Å²) < 4.78 is 27.3. The van der Waals surface area contributed by atoms with Crippen molar-refractivity contribution in [2.45, 2.75) is 4.90 Å². The van der Waals surface area contributed by atoms with Gasteiger partial charge in [0.05, 0.1) is 15.5 Å². The number of hydrogen-bond acceptors (Lipinski definition) is 7. The molecule has 0 spiro atoms. The highest BCUT2D eigenvalue weighted by atomic mass is 32.2. The molecule has 7 nitrogen and oxygen atoms in total. The molecule has 1 aliphatic rings. The van der Waals surface area contributed by atoms with E-state index in [2.05, 4.69) is 15.2 Å². The maximum Gasteiger partial charge on any atom is 0.257 e. The van der Waals surface area contributed by atoms with Crippen molar-refractivity contribution < 1.29 is 13.2 Å². The fourth-order valence-electron chi connectivity index (χ4n) is 3.01. The predicted octanol–water partition coefficient (Wildman–Crippen LogP) is 3.06. The summed E-state index contributed by atoms with van der Waals surface area (Å²) in [5, 5.41) is 7.10. The summed E-state index contributed by atoms with van der Waals surface area (Å²) in [6.07, 6.45) is 0. The zero-order chi connectivity index (χ0) is 20.4. The predicted molar refractivity (Wildman–Crippen MR) is 116 cm³/mol. The molecule has 0 atom stereocenters. The van der Waals surface area contributed by atoms with Gasteiger partial charge in [-0.3, -0.25) is 10.1 Å². The Labute approximate surface area is 177 Å². The Kier molecular flexibility index (Phi) is 5.79. The lowest BCUT2D eigenvalue weighted by atomic mass is 10.2. The number of thiazole rings is 1. The summed E-state index contributed by atoms with van der Waals surface area (Å²) in [6, 6.07) is 10.1. The number of anilines is 1. The van der Waals surface area contributed by atoms with E-state index in [9.17, 15) is 13.2 Å². The number of nitrogens with one attached hydrogen (secondary N) is 1. The third-order valence-corrected chi connectivity index (χ3v) is 8.24. The molecule has 0 aliphatic carbocycles. The first-order valence-electron chi connectivity index (χ1n) is 9.03. The van der Waals surface area contributed by atoms with Crippen molar-refractivity contribution in [1.29, 1.82) is 0 Å². The van der Waals surface area contributed by atoms with Crippen LogP contribution in [0, 0.1) is 0 Å². The average molecular weight is 449 g/mol. The molecule has 4 rings (SSSR count). The minimum absolute atomic E-state index is 0.133. The summed E-state index contributed by atoms with van der Waals surface area (Å²) >= 11 is 2.92. The quantitative estimate of drug-likeness (QED) is 0.649. The number of likely N-dealkylation sites (N-methyl/N-ethyl adjacent to an activating group) is 1. The van der Waals surface area contributed by atoms with Gasteiger partial charge in [-0.05, 0) is 36.7 Å². The van der Waals surface area contributed by atoms with Crippen molar-refractivity contribution >= 4 is 43.7 Å². The number of carbonyl (C=O) groups is 1. The summed E-state index contributed by atoms with van der Waals surface area (Å²) in [5.41, 5.74) is 1.10. The first-order valence-corrected chi connectivity index (χ1v) is 12.2. The van der Waals surface area contributed by atoms with Gasteiger partial charge in [-0.25, -0.2) is 13.4 Å². The van der Waals surface area contributed by atoms with Gasteiger partial charge in [-0.1, -0.05) is 12.1 Å². The zero-order valence-corrected chi connectivity index (χ0v) is 18.2. The summed E-state index contributed by atoms with van der Waals surface area (Å²) in [5.74, 6) is -0.382. The molecular formula is C19H20N4O3S3. The first kappa shape index (κ1) is 20.2. The van der Waals surface area contributed by atoms with E-state index in [4.69, 9.17) is 0 Å². The molecule has 0 radical (unpaired) electrons. The van der Waals surface area contributed by atoms with Gasteiger partial charge in [0.15, 0.2) is 5.13 Å². The van der Waals surface area contributed by atoms with E-state index in [1.54, 1.807) is 23.5 Å². The first-order chi connectivity index (χ1) is 13.9. The second-order valence-electron chi connectivity index (χ2n) is 6.70. The largest absolute Gasteiger partial charge is 0.304 e. The van der Waals surface area contributed by atoms with E-state index >= 15 is 0 Å². The molecule has 1 N–H and O–H groups in total. The molecule has 3 heterocycles. The topological polar surface area (TPSA) is 82.6 Å². The van der Waals surface area contributed by atoms with Crippen LogP contribution in [-0.2, 0) is 10.0 Å². The third kappa shape index (κ3) is 4.41. The normalized spacial score (nSPS) is 16.0. The zero-order valence-electron chi connectivity index (χ0n) is 15.7. The van der Waals surface area contributed by atoms with Gasteiger partial charge < -0.3 is 4.90 Å². The Hall–Kier alpha value is -2.11. The molecular weight excluding hydrogens is 428 g/mol. The Balaban J connectivity index is 1.50. The van der Waals surface area contributed by atoms with Crippen molar-refractivity contribution in [2.75, 3.05) is 38.5 Å². The number of rotatable bonds is 5. The monoisotopic (exact) mass is 448 g/mol. The standard InChI is InChI=1S/C19H20N4O3S3/c1-22-7-9-23(10-8-22)29(25,26)15-5-2-4-14(12-15)18(24)21-19-20-16(13-28-19)17-6-3-11-27-17/h2-6,11-13H,7-10H2,1H3,(H,20,21,24). The Bertz CT molecular complexity index is 1100. The van der Waals surface area contributed by atoms with Gasteiger partial charge in [0.25, 0.3) is 5.91 Å². The fraction of sp³-hybridized carbons (Fsp3) is 0.263. The molecule has 1 saturated heterocycles. The highest BCUT2D eigenvalue weighted by Crippen LogP contribution is 2.28. The van der Waals surface area contributed by atoms with Crippen molar-refractivity contribution in [2.24, 2.45) is 0 Å². The van der Waals surface area contributed by atoms with Gasteiger partial charge in [0.2, 0.25) is 10.0 Å². The lowest BCUT2D eigenvalue weighted by Crippen LogP contribution is -2.47. The van der Waals surface area contributed by atoms with Crippen LogP contribution in [-0.4, -0.2) is 61.7 Å². The van der Waals surface area contributed by atoms with Gasteiger partial charge >= 0.3 is 0 Å². The average Bonchev–Trinajstić information content (AvgIpc) is 3.40. The van der Waals surface area contributed by atoms with Crippen molar-refractivity contribution in [1.82, 2.24) is 14.2 Å². The minimum atomic E-state index is -3.62. The van der Waals surface area contributed by atoms with Crippen LogP contribution >= 0.6 is 22.7 Å². The van der Waals surface area contributed by atoms with Crippen molar-refractivity contribution in [3.63, 3.8) is 0 Å². The number of benzene rings is 1. The van der Waals surface area contributed by atoms with Crippen LogP contribution in [0.25, 0.3) is 10.6 Å². The molecule has 152 valence electrons. The number of piperazine rings is 1. The minimum Gasteiger partial charge on any atom is -0.304 e.